The van der Waals surface area contributed by atoms with E-state index >= 15 is 0 Å². The van der Waals surface area contributed by atoms with Crippen LogP contribution >= 0.6 is 0 Å². The first kappa shape index (κ1) is 19.2. The van der Waals surface area contributed by atoms with Gasteiger partial charge in [-0.15, -0.1) is 0 Å². The number of ether oxygens (including phenoxy) is 2. The number of para-hydroxylation sites is 1. The third-order valence-electron chi connectivity index (χ3n) is 3.50. The van der Waals surface area contributed by atoms with Gasteiger partial charge in [-0.3, -0.25) is 4.79 Å². The van der Waals surface area contributed by atoms with Crippen molar-refractivity contribution in [3.8, 4) is 11.5 Å². The monoisotopic (exact) mass is 352 g/mol. The Morgan fingerprint density at radius 1 is 1.15 bits per heavy atom. The molecule has 0 atom stereocenters. The Bertz CT molecular complexity index is 739. The second-order valence-electron chi connectivity index (χ2n) is 5.61. The van der Waals surface area contributed by atoms with E-state index in [1.807, 2.05) is 48.5 Å². The summed E-state index contributed by atoms with van der Waals surface area (Å²) in [5.74, 6) is 1.00. The molecule has 2 aromatic rings. The van der Waals surface area contributed by atoms with Gasteiger partial charge in [-0.2, -0.15) is 5.10 Å². The lowest BCUT2D eigenvalue weighted by atomic mass is 10.1. The summed E-state index contributed by atoms with van der Waals surface area (Å²) in [6.45, 7) is 6.07. The molecule has 5 nitrogen and oxygen atoms in total. The second-order valence-corrected chi connectivity index (χ2v) is 5.61. The Labute approximate surface area is 154 Å². The largest absolute Gasteiger partial charge is 0.489 e. The first-order valence-corrected chi connectivity index (χ1v) is 8.59. The van der Waals surface area contributed by atoms with E-state index in [0.29, 0.717) is 18.1 Å². The van der Waals surface area contributed by atoms with Crippen LogP contribution in [-0.2, 0) is 11.2 Å². The fraction of sp³-hybridized carbons (Fsp3) is 0.238. The minimum atomic E-state index is -0.330. The van der Waals surface area contributed by atoms with Gasteiger partial charge in [-0.05, 0) is 36.2 Å². The molecule has 0 saturated heterocycles. The van der Waals surface area contributed by atoms with Crippen molar-refractivity contribution in [2.24, 2.45) is 5.10 Å². The highest BCUT2D eigenvalue weighted by Gasteiger charge is 2.03. The molecule has 26 heavy (non-hydrogen) atoms. The molecular weight excluding hydrogens is 328 g/mol. The third kappa shape index (κ3) is 6.43. The highest BCUT2D eigenvalue weighted by Crippen LogP contribution is 2.15. The molecule has 136 valence electrons. The number of aryl methyl sites for hydroxylation is 1. The molecule has 0 saturated carbocycles. The van der Waals surface area contributed by atoms with Crippen LogP contribution in [0.1, 0.15) is 24.5 Å². The van der Waals surface area contributed by atoms with Crippen molar-refractivity contribution in [3.63, 3.8) is 0 Å². The molecular formula is C21H24N2O3. The minimum absolute atomic E-state index is 0.0981. The summed E-state index contributed by atoms with van der Waals surface area (Å²) >= 11 is 0. The molecule has 1 N–H and O–H groups in total. The number of benzene rings is 2. The highest BCUT2D eigenvalue weighted by molar-refractivity contribution is 5.85. The van der Waals surface area contributed by atoms with Crippen molar-refractivity contribution in [1.29, 1.82) is 0 Å². The van der Waals surface area contributed by atoms with E-state index in [1.165, 1.54) is 11.8 Å². The number of hydrogen-bond acceptors (Lipinski definition) is 4. The molecule has 2 aromatic carbocycles. The molecule has 0 aromatic heterocycles. The van der Waals surface area contributed by atoms with Gasteiger partial charge in [0.15, 0.2) is 6.61 Å². The van der Waals surface area contributed by atoms with Crippen LogP contribution in [0.3, 0.4) is 0 Å². The first-order chi connectivity index (χ1) is 12.7. The zero-order chi connectivity index (χ0) is 18.6. The summed E-state index contributed by atoms with van der Waals surface area (Å²) in [4.78, 5) is 11.8. The van der Waals surface area contributed by atoms with Crippen LogP contribution in [0.4, 0.5) is 0 Å². The normalized spacial score (nSPS) is 10.5. The van der Waals surface area contributed by atoms with Gasteiger partial charge in [0.1, 0.15) is 18.1 Å². The predicted octanol–water partition coefficient (Wildman–Crippen LogP) is 3.73. The Morgan fingerprint density at radius 3 is 2.65 bits per heavy atom. The Kier molecular flexibility index (Phi) is 7.93. The van der Waals surface area contributed by atoms with Crippen LogP contribution in [0, 0.1) is 0 Å². The van der Waals surface area contributed by atoms with Gasteiger partial charge in [0.2, 0.25) is 0 Å². The fourth-order valence-electron chi connectivity index (χ4n) is 2.26. The Balaban J connectivity index is 1.81. The summed E-state index contributed by atoms with van der Waals surface area (Å²) in [6.07, 6.45) is 5.34. The first-order valence-electron chi connectivity index (χ1n) is 8.59. The van der Waals surface area contributed by atoms with E-state index in [1.54, 1.807) is 6.08 Å². The number of rotatable bonds is 10. The van der Waals surface area contributed by atoms with Gasteiger partial charge < -0.3 is 9.47 Å². The molecule has 0 unspecified atom stereocenters. The van der Waals surface area contributed by atoms with Gasteiger partial charge in [0.05, 0.1) is 6.21 Å². The predicted molar refractivity (Wildman–Crippen MR) is 104 cm³/mol. The summed E-state index contributed by atoms with van der Waals surface area (Å²) in [6, 6.07) is 15.2. The zero-order valence-electron chi connectivity index (χ0n) is 15.0. The van der Waals surface area contributed by atoms with Crippen LogP contribution in [0.25, 0.3) is 0 Å². The zero-order valence-corrected chi connectivity index (χ0v) is 15.0. The molecule has 5 heteroatoms. The van der Waals surface area contributed by atoms with Gasteiger partial charge in [-0.25, -0.2) is 5.43 Å². The van der Waals surface area contributed by atoms with E-state index < -0.39 is 0 Å². The lowest BCUT2D eigenvalue weighted by molar-refractivity contribution is -0.123. The smallest absolute Gasteiger partial charge is 0.277 e. The van der Waals surface area contributed by atoms with Crippen LogP contribution in [0.15, 0.2) is 66.3 Å². The standard InChI is InChI=1S/C21H24N2O3/c1-3-7-17-10-12-19(13-11-17)26-16-21(24)23-22-15-18-8-5-6-9-20(18)25-14-4-2/h4-6,8-13,15H,2-3,7,14,16H2,1H3,(H,23,24)/b22-15+. The fourth-order valence-corrected chi connectivity index (χ4v) is 2.26. The number of hydrogen-bond donors (Lipinski definition) is 1. The van der Waals surface area contributed by atoms with Gasteiger partial charge in [-0.1, -0.05) is 50.3 Å². The van der Waals surface area contributed by atoms with Crippen molar-refractivity contribution in [2.45, 2.75) is 19.8 Å². The van der Waals surface area contributed by atoms with Crippen molar-refractivity contribution in [1.82, 2.24) is 5.43 Å². The van der Waals surface area contributed by atoms with Crippen molar-refractivity contribution < 1.29 is 14.3 Å². The van der Waals surface area contributed by atoms with E-state index in [4.69, 9.17) is 9.47 Å². The molecule has 0 spiro atoms. The minimum Gasteiger partial charge on any atom is -0.489 e. The van der Waals surface area contributed by atoms with Crippen LogP contribution in [-0.4, -0.2) is 25.3 Å². The quantitative estimate of drug-likeness (QED) is 0.403. The number of hydrazone groups is 1. The van der Waals surface area contributed by atoms with Gasteiger partial charge in [0, 0.05) is 5.56 Å². The third-order valence-corrected chi connectivity index (χ3v) is 3.50. The maximum Gasteiger partial charge on any atom is 0.277 e. The van der Waals surface area contributed by atoms with Crippen LogP contribution < -0.4 is 14.9 Å². The maximum atomic E-state index is 11.8. The molecule has 0 radical (unpaired) electrons. The summed E-state index contributed by atoms with van der Waals surface area (Å²) in [5, 5.41) is 3.95. The average Bonchev–Trinajstić information content (AvgIpc) is 2.67. The lowest BCUT2D eigenvalue weighted by Gasteiger charge is -2.07. The van der Waals surface area contributed by atoms with Gasteiger partial charge >= 0.3 is 0 Å². The van der Waals surface area contributed by atoms with Crippen LogP contribution in [0.2, 0.25) is 0 Å². The number of carbonyl (C=O) groups is 1. The number of nitrogens with one attached hydrogen (secondary N) is 1. The number of nitrogens with zero attached hydrogens (tertiary/aromatic N) is 1. The molecule has 1 amide bonds. The molecule has 0 fully saturated rings. The lowest BCUT2D eigenvalue weighted by Crippen LogP contribution is -2.24. The topological polar surface area (TPSA) is 59.9 Å². The van der Waals surface area contributed by atoms with Crippen molar-refractivity contribution >= 4 is 12.1 Å². The second kappa shape index (κ2) is 10.7. The SMILES string of the molecule is C=CCOc1ccccc1/C=N/NC(=O)COc1ccc(CCC)cc1. The summed E-state index contributed by atoms with van der Waals surface area (Å²) in [5.41, 5.74) is 4.47. The van der Waals surface area contributed by atoms with E-state index in [-0.39, 0.29) is 12.5 Å². The van der Waals surface area contributed by atoms with E-state index in [0.717, 1.165) is 18.4 Å². The number of amides is 1. The van der Waals surface area contributed by atoms with Gasteiger partial charge in [0.25, 0.3) is 5.91 Å². The molecule has 0 heterocycles. The van der Waals surface area contributed by atoms with E-state index in [9.17, 15) is 4.79 Å². The van der Waals surface area contributed by atoms with Crippen molar-refractivity contribution in [3.05, 3.63) is 72.3 Å². The van der Waals surface area contributed by atoms with E-state index in [2.05, 4.69) is 24.0 Å². The van der Waals surface area contributed by atoms with Crippen molar-refractivity contribution in [2.75, 3.05) is 13.2 Å². The molecule has 0 aliphatic carbocycles. The molecule has 0 aliphatic rings. The maximum absolute atomic E-state index is 11.8. The number of carbonyl (C=O) groups excluding carboxylic acids is 1. The summed E-state index contributed by atoms with van der Waals surface area (Å²) in [7, 11) is 0. The molecule has 0 bridgehead atoms. The Hall–Kier alpha value is -3.08. The Morgan fingerprint density at radius 2 is 1.92 bits per heavy atom. The highest BCUT2D eigenvalue weighted by atomic mass is 16.5. The molecule has 0 aliphatic heterocycles. The van der Waals surface area contributed by atoms with Crippen LogP contribution in [0.5, 0.6) is 11.5 Å². The summed E-state index contributed by atoms with van der Waals surface area (Å²) < 4.78 is 11.0. The molecule has 2 rings (SSSR count). The average molecular weight is 352 g/mol.